The van der Waals surface area contributed by atoms with Crippen LogP contribution in [0.3, 0.4) is 0 Å². The Bertz CT molecular complexity index is 1090. The maximum atomic E-state index is 13.1. The Kier molecular flexibility index (Phi) is 8.49. The van der Waals surface area contributed by atoms with Crippen LogP contribution in [0.25, 0.3) is 0 Å². The molecular weight excluding hydrogens is 505 g/mol. The standard InChI is InChI=1S/C26H31Cl2N3O5/c1-34-22-9-15(10-23(35-2)25(22)36-3)26(33)29-17-12-18-5-4-6-19(13-17)31(18)14-24(32)30-21-8-7-16(27)11-20(21)28/h7-11,17-19H,4-6,12-14H2,1-3H3,(H,29,33)(H,30,32)/t17?,18-,19+. The second-order valence-corrected chi connectivity index (χ2v) is 9.98. The average Bonchev–Trinajstić information content (AvgIpc) is 2.85. The van der Waals surface area contributed by atoms with Crippen LogP contribution < -0.4 is 24.8 Å². The highest BCUT2D eigenvalue weighted by molar-refractivity contribution is 6.36. The summed E-state index contributed by atoms with van der Waals surface area (Å²) in [5.74, 6) is 0.996. The summed E-state index contributed by atoms with van der Waals surface area (Å²) < 4.78 is 16.1. The summed E-state index contributed by atoms with van der Waals surface area (Å²) >= 11 is 12.2. The molecule has 2 saturated heterocycles. The third-order valence-corrected chi connectivity index (χ3v) is 7.47. The summed E-state index contributed by atoms with van der Waals surface area (Å²) in [6.07, 6.45) is 4.65. The first-order chi connectivity index (χ1) is 17.3. The predicted molar refractivity (Wildman–Crippen MR) is 140 cm³/mol. The number of anilines is 1. The molecule has 3 atom stereocenters. The van der Waals surface area contributed by atoms with Crippen LogP contribution in [0.4, 0.5) is 5.69 Å². The number of carbonyl (C=O) groups excluding carboxylic acids is 2. The van der Waals surface area contributed by atoms with Crippen molar-refractivity contribution in [1.82, 2.24) is 10.2 Å². The summed E-state index contributed by atoms with van der Waals surface area (Å²) in [5, 5.41) is 7.00. The smallest absolute Gasteiger partial charge is 0.251 e. The van der Waals surface area contributed by atoms with Gasteiger partial charge in [-0.05, 0) is 56.0 Å². The minimum absolute atomic E-state index is 0.0110. The molecule has 8 nitrogen and oxygen atoms in total. The molecule has 2 aliphatic heterocycles. The number of halogens is 2. The largest absolute Gasteiger partial charge is 0.493 e. The highest BCUT2D eigenvalue weighted by Crippen LogP contribution is 2.39. The molecule has 194 valence electrons. The molecule has 2 N–H and O–H groups in total. The zero-order valence-corrected chi connectivity index (χ0v) is 22.1. The van der Waals surface area contributed by atoms with Crippen molar-refractivity contribution in [3.05, 3.63) is 45.9 Å². The molecule has 4 rings (SSSR count). The van der Waals surface area contributed by atoms with E-state index < -0.39 is 0 Å². The number of rotatable bonds is 8. The first kappa shape index (κ1) is 26.4. The van der Waals surface area contributed by atoms with Crippen molar-refractivity contribution < 1.29 is 23.8 Å². The molecule has 36 heavy (non-hydrogen) atoms. The maximum Gasteiger partial charge on any atom is 0.251 e. The highest BCUT2D eigenvalue weighted by atomic mass is 35.5. The molecule has 0 spiro atoms. The fourth-order valence-electron chi connectivity index (χ4n) is 5.28. The van der Waals surface area contributed by atoms with Crippen molar-refractivity contribution in [3.63, 3.8) is 0 Å². The Labute approximate surface area is 221 Å². The van der Waals surface area contributed by atoms with Gasteiger partial charge >= 0.3 is 0 Å². The van der Waals surface area contributed by atoms with E-state index >= 15 is 0 Å². The number of nitrogens with one attached hydrogen (secondary N) is 2. The molecule has 2 aliphatic rings. The Balaban J connectivity index is 1.40. The Morgan fingerprint density at radius 3 is 2.17 bits per heavy atom. The summed E-state index contributed by atoms with van der Waals surface area (Å²) in [4.78, 5) is 28.2. The molecule has 0 aliphatic carbocycles. The summed E-state index contributed by atoms with van der Waals surface area (Å²) in [6, 6.07) is 8.75. The van der Waals surface area contributed by atoms with Gasteiger partial charge in [0.05, 0.1) is 38.6 Å². The number of hydrogen-bond acceptors (Lipinski definition) is 6. The van der Waals surface area contributed by atoms with Gasteiger partial charge < -0.3 is 24.8 Å². The lowest BCUT2D eigenvalue weighted by Crippen LogP contribution is -2.58. The monoisotopic (exact) mass is 535 g/mol. The summed E-state index contributed by atoms with van der Waals surface area (Å²) in [5.41, 5.74) is 0.986. The first-order valence-corrected chi connectivity index (χ1v) is 12.7. The summed E-state index contributed by atoms with van der Waals surface area (Å²) in [6.45, 7) is 0.280. The molecule has 2 amide bonds. The summed E-state index contributed by atoms with van der Waals surface area (Å²) in [7, 11) is 4.57. The number of ether oxygens (including phenoxy) is 3. The van der Waals surface area contributed by atoms with Gasteiger partial charge in [-0.3, -0.25) is 14.5 Å². The van der Waals surface area contributed by atoms with Crippen LogP contribution in [-0.4, -0.2) is 62.7 Å². The van der Waals surface area contributed by atoms with Crippen molar-refractivity contribution in [3.8, 4) is 17.2 Å². The van der Waals surface area contributed by atoms with Gasteiger partial charge in [-0.2, -0.15) is 0 Å². The van der Waals surface area contributed by atoms with Crippen molar-refractivity contribution in [2.45, 2.75) is 50.2 Å². The molecule has 1 unspecified atom stereocenters. The van der Waals surface area contributed by atoms with E-state index in [1.54, 1.807) is 30.3 Å². The topological polar surface area (TPSA) is 89.1 Å². The van der Waals surface area contributed by atoms with Gasteiger partial charge in [0.2, 0.25) is 11.7 Å². The van der Waals surface area contributed by atoms with Gasteiger partial charge in [0, 0.05) is 28.7 Å². The molecule has 2 aromatic rings. The Hall–Kier alpha value is -2.68. The van der Waals surface area contributed by atoms with Gasteiger partial charge in [0.25, 0.3) is 5.91 Å². The Morgan fingerprint density at radius 1 is 0.972 bits per heavy atom. The lowest BCUT2D eigenvalue weighted by atomic mass is 9.81. The van der Waals surface area contributed by atoms with Crippen LogP contribution in [0.1, 0.15) is 42.5 Å². The van der Waals surface area contributed by atoms with E-state index in [9.17, 15) is 9.59 Å². The van der Waals surface area contributed by atoms with E-state index in [2.05, 4.69) is 15.5 Å². The van der Waals surface area contributed by atoms with Gasteiger partial charge in [-0.1, -0.05) is 29.6 Å². The molecule has 0 saturated carbocycles. The van der Waals surface area contributed by atoms with Crippen molar-refractivity contribution in [2.24, 2.45) is 0 Å². The molecule has 2 heterocycles. The van der Waals surface area contributed by atoms with E-state index in [0.29, 0.717) is 38.5 Å². The molecule has 2 aromatic carbocycles. The zero-order chi connectivity index (χ0) is 25.8. The molecule has 10 heteroatoms. The Morgan fingerprint density at radius 2 is 1.61 bits per heavy atom. The highest BCUT2D eigenvalue weighted by Gasteiger charge is 2.39. The molecular formula is C26H31Cl2N3O5. The molecule has 2 fully saturated rings. The fourth-order valence-corrected chi connectivity index (χ4v) is 5.74. The second kappa shape index (κ2) is 11.6. The van der Waals surface area contributed by atoms with E-state index in [1.165, 1.54) is 21.3 Å². The number of carbonyl (C=O) groups is 2. The lowest BCUT2D eigenvalue weighted by Gasteiger charge is -2.48. The average molecular weight is 536 g/mol. The third kappa shape index (κ3) is 5.82. The van der Waals surface area contributed by atoms with E-state index in [4.69, 9.17) is 37.4 Å². The lowest BCUT2D eigenvalue weighted by molar-refractivity contribution is -0.120. The quantitative estimate of drug-likeness (QED) is 0.505. The van der Waals surface area contributed by atoms with Crippen LogP contribution >= 0.6 is 23.2 Å². The zero-order valence-electron chi connectivity index (χ0n) is 20.6. The first-order valence-electron chi connectivity index (χ1n) is 11.9. The number of hydrogen-bond donors (Lipinski definition) is 2. The fraction of sp³-hybridized carbons (Fsp3) is 0.462. The van der Waals surface area contributed by atoms with Gasteiger partial charge in [0.15, 0.2) is 11.5 Å². The van der Waals surface area contributed by atoms with E-state index in [0.717, 1.165) is 32.1 Å². The maximum absolute atomic E-state index is 13.1. The number of amides is 2. The van der Waals surface area contributed by atoms with E-state index in [1.807, 2.05) is 0 Å². The molecule has 2 bridgehead atoms. The van der Waals surface area contributed by atoms with Crippen LogP contribution in [-0.2, 0) is 4.79 Å². The van der Waals surface area contributed by atoms with E-state index in [-0.39, 0.29) is 36.5 Å². The van der Waals surface area contributed by atoms with Crippen molar-refractivity contribution >= 4 is 40.7 Å². The van der Waals surface area contributed by atoms with Crippen LogP contribution in [0.15, 0.2) is 30.3 Å². The minimum Gasteiger partial charge on any atom is -0.493 e. The number of piperidine rings is 2. The number of nitrogens with zero attached hydrogens (tertiary/aromatic N) is 1. The number of methoxy groups -OCH3 is 3. The normalized spacial score (nSPS) is 21.4. The predicted octanol–water partition coefficient (Wildman–Crippen LogP) is 4.77. The van der Waals surface area contributed by atoms with Crippen molar-refractivity contribution in [1.29, 1.82) is 0 Å². The molecule has 0 radical (unpaired) electrons. The molecule has 0 aromatic heterocycles. The van der Waals surface area contributed by atoms with Gasteiger partial charge in [-0.15, -0.1) is 0 Å². The third-order valence-electron chi connectivity index (χ3n) is 6.92. The van der Waals surface area contributed by atoms with Crippen LogP contribution in [0.5, 0.6) is 17.2 Å². The number of benzene rings is 2. The SMILES string of the molecule is COc1cc(C(=O)NC2C[C@H]3CCC[C@@H](C2)N3CC(=O)Nc2ccc(Cl)cc2Cl)cc(OC)c1OC. The van der Waals surface area contributed by atoms with Crippen LogP contribution in [0, 0.1) is 0 Å². The van der Waals surface area contributed by atoms with Crippen molar-refractivity contribution in [2.75, 3.05) is 33.2 Å². The van der Waals surface area contributed by atoms with Gasteiger partial charge in [0.1, 0.15) is 0 Å². The minimum atomic E-state index is -0.194. The second-order valence-electron chi connectivity index (χ2n) is 9.14. The van der Waals surface area contributed by atoms with Crippen LogP contribution in [0.2, 0.25) is 10.0 Å². The van der Waals surface area contributed by atoms with Gasteiger partial charge in [-0.25, -0.2) is 0 Å². The number of fused-ring (bicyclic) bond motifs is 2.